The van der Waals surface area contributed by atoms with Gasteiger partial charge >= 0.3 is 12.0 Å². The van der Waals surface area contributed by atoms with Crippen molar-refractivity contribution in [3.05, 3.63) is 35.9 Å². The lowest BCUT2D eigenvalue weighted by atomic mass is 10.1. The Bertz CT molecular complexity index is 367. The second-order valence-electron chi connectivity index (χ2n) is 3.24. The monoisotopic (exact) mass is 213 g/mol. The van der Waals surface area contributed by atoms with Crippen LogP contribution < -0.4 is 5.32 Å². The Hall–Kier alpha value is -1.49. The van der Waals surface area contributed by atoms with Gasteiger partial charge in [0.1, 0.15) is 6.10 Å². The zero-order chi connectivity index (χ0) is 10.9. The minimum absolute atomic E-state index is 0.0679. The van der Waals surface area contributed by atoms with Crippen LogP contribution in [-0.4, -0.2) is 18.6 Å². The lowest BCUT2D eigenvalue weighted by molar-refractivity contribution is -0.262. The van der Waals surface area contributed by atoms with E-state index < -0.39 is 18.1 Å². The van der Waals surface area contributed by atoms with Crippen molar-refractivity contribution in [2.75, 3.05) is 6.54 Å². The fourth-order valence-electron chi connectivity index (χ4n) is 1.42. The molecule has 1 amide bonds. The zero-order valence-corrected chi connectivity index (χ0v) is 7.74. The van der Waals surface area contributed by atoms with Gasteiger partial charge in [-0.05, 0) is 5.56 Å². The number of morpholine rings is 1. The molecule has 1 heterocycles. The predicted octanol–water partition coefficient (Wildman–Crippen LogP) is 1.47. The van der Waals surface area contributed by atoms with E-state index in [9.17, 15) is 13.6 Å². The molecule has 1 saturated heterocycles. The van der Waals surface area contributed by atoms with Gasteiger partial charge in [0.25, 0.3) is 0 Å². The molecule has 1 aromatic carbocycles. The van der Waals surface area contributed by atoms with E-state index in [2.05, 4.69) is 10.1 Å². The maximum absolute atomic E-state index is 12.9. The van der Waals surface area contributed by atoms with Crippen LogP contribution in [0.15, 0.2) is 30.3 Å². The van der Waals surface area contributed by atoms with Crippen LogP contribution in [0.3, 0.4) is 0 Å². The number of carbonyl (C=O) groups is 1. The molecule has 0 spiro atoms. The average Bonchev–Trinajstić information content (AvgIpc) is 2.23. The van der Waals surface area contributed by atoms with Crippen molar-refractivity contribution in [1.82, 2.24) is 5.32 Å². The highest BCUT2D eigenvalue weighted by Crippen LogP contribution is 2.29. The van der Waals surface area contributed by atoms with Crippen molar-refractivity contribution in [2.24, 2.45) is 0 Å². The molecule has 1 aromatic rings. The van der Waals surface area contributed by atoms with E-state index in [0.717, 1.165) is 0 Å². The molecule has 1 aliphatic heterocycles. The predicted molar refractivity (Wildman–Crippen MR) is 48.2 cm³/mol. The molecule has 0 aromatic heterocycles. The number of hydrogen-bond donors (Lipinski definition) is 1. The Kier molecular flexibility index (Phi) is 2.40. The highest BCUT2D eigenvalue weighted by molar-refractivity contribution is 5.82. The first-order valence-corrected chi connectivity index (χ1v) is 4.48. The van der Waals surface area contributed by atoms with Gasteiger partial charge in [-0.2, -0.15) is 8.78 Å². The van der Waals surface area contributed by atoms with E-state index in [1.165, 1.54) is 0 Å². The Morgan fingerprint density at radius 1 is 1.33 bits per heavy atom. The summed E-state index contributed by atoms with van der Waals surface area (Å²) < 4.78 is 30.2. The molecule has 3 nitrogen and oxygen atoms in total. The van der Waals surface area contributed by atoms with Gasteiger partial charge in [0.05, 0.1) is 0 Å². The minimum atomic E-state index is -3.74. The lowest BCUT2D eigenvalue weighted by Gasteiger charge is -2.29. The van der Waals surface area contributed by atoms with E-state index in [0.29, 0.717) is 5.56 Å². The summed E-state index contributed by atoms with van der Waals surface area (Å²) in [4.78, 5) is 10.7. The van der Waals surface area contributed by atoms with Gasteiger partial charge in [-0.1, -0.05) is 30.3 Å². The number of hydrogen-bond acceptors (Lipinski definition) is 2. The molecule has 0 bridgehead atoms. The van der Waals surface area contributed by atoms with Crippen LogP contribution in [0.4, 0.5) is 8.78 Å². The maximum atomic E-state index is 12.9. The molecule has 15 heavy (non-hydrogen) atoms. The molecular formula is C10H9F2NO2. The number of amides is 1. The van der Waals surface area contributed by atoms with Crippen LogP contribution in [0.1, 0.15) is 11.7 Å². The van der Waals surface area contributed by atoms with Crippen LogP contribution in [0.2, 0.25) is 0 Å². The Labute approximate surface area is 85.0 Å². The first kappa shape index (κ1) is 10.0. The maximum Gasteiger partial charge on any atom is 0.437 e. The van der Waals surface area contributed by atoms with Crippen molar-refractivity contribution in [1.29, 1.82) is 0 Å². The molecule has 0 aliphatic carbocycles. The number of rotatable bonds is 1. The third-order valence-corrected chi connectivity index (χ3v) is 2.17. The number of benzene rings is 1. The topological polar surface area (TPSA) is 38.3 Å². The van der Waals surface area contributed by atoms with Gasteiger partial charge in [-0.15, -0.1) is 0 Å². The summed E-state index contributed by atoms with van der Waals surface area (Å²) in [6, 6.07) is 8.60. The molecule has 1 aliphatic rings. The normalized spacial score (nSPS) is 24.7. The van der Waals surface area contributed by atoms with Crippen molar-refractivity contribution in [2.45, 2.75) is 12.2 Å². The van der Waals surface area contributed by atoms with Crippen molar-refractivity contribution < 1.29 is 18.3 Å². The number of alkyl halides is 2. The van der Waals surface area contributed by atoms with E-state index in [1.54, 1.807) is 30.3 Å². The van der Waals surface area contributed by atoms with Crippen molar-refractivity contribution in [3.8, 4) is 0 Å². The van der Waals surface area contributed by atoms with Crippen LogP contribution in [0.25, 0.3) is 0 Å². The molecule has 0 unspecified atom stereocenters. The SMILES string of the molecule is O=C1NC[C@@H](c2ccccc2)OC1(F)F. The molecule has 0 radical (unpaired) electrons. The van der Waals surface area contributed by atoms with Gasteiger partial charge < -0.3 is 10.1 Å². The largest absolute Gasteiger partial charge is 0.437 e. The summed E-state index contributed by atoms with van der Waals surface area (Å²) in [5, 5.41) is 2.11. The Morgan fingerprint density at radius 2 is 2.00 bits per heavy atom. The number of ether oxygens (including phenoxy) is 1. The van der Waals surface area contributed by atoms with Crippen LogP contribution in [-0.2, 0) is 9.53 Å². The molecule has 5 heteroatoms. The first-order valence-electron chi connectivity index (χ1n) is 4.48. The molecular weight excluding hydrogens is 204 g/mol. The zero-order valence-electron chi connectivity index (χ0n) is 7.74. The molecule has 2 rings (SSSR count). The van der Waals surface area contributed by atoms with Gasteiger partial charge in [0.15, 0.2) is 0 Å². The van der Waals surface area contributed by atoms with Crippen molar-refractivity contribution >= 4 is 5.91 Å². The summed E-state index contributed by atoms with van der Waals surface area (Å²) in [7, 11) is 0. The number of carbonyl (C=O) groups excluding carboxylic acids is 1. The third kappa shape index (κ3) is 1.97. The molecule has 1 N–H and O–H groups in total. The number of nitrogens with one attached hydrogen (secondary N) is 1. The lowest BCUT2D eigenvalue weighted by Crippen LogP contribution is -2.50. The standard InChI is InChI=1S/C10H9F2NO2/c11-10(12)9(14)13-6-8(15-10)7-4-2-1-3-5-7/h1-5,8H,6H2,(H,13,14)/t8-/m0/s1. The second-order valence-corrected chi connectivity index (χ2v) is 3.24. The van der Waals surface area contributed by atoms with E-state index in [4.69, 9.17) is 0 Å². The third-order valence-electron chi connectivity index (χ3n) is 2.17. The summed E-state index contributed by atoms with van der Waals surface area (Å²) in [6.07, 6.45) is -4.53. The summed E-state index contributed by atoms with van der Waals surface area (Å²) >= 11 is 0. The Morgan fingerprint density at radius 3 is 2.60 bits per heavy atom. The smallest absolute Gasteiger partial charge is 0.346 e. The van der Waals surface area contributed by atoms with Gasteiger partial charge in [0, 0.05) is 6.54 Å². The highest BCUT2D eigenvalue weighted by atomic mass is 19.3. The summed E-state index contributed by atoms with van der Waals surface area (Å²) in [5.41, 5.74) is 0.622. The minimum Gasteiger partial charge on any atom is -0.346 e. The van der Waals surface area contributed by atoms with Crippen LogP contribution in [0.5, 0.6) is 0 Å². The second kappa shape index (κ2) is 3.58. The van der Waals surface area contributed by atoms with Gasteiger partial charge in [-0.3, -0.25) is 4.79 Å². The number of halogens is 2. The molecule has 1 atom stereocenters. The van der Waals surface area contributed by atoms with E-state index >= 15 is 0 Å². The van der Waals surface area contributed by atoms with Gasteiger partial charge in [-0.25, -0.2) is 0 Å². The fraction of sp³-hybridized carbons (Fsp3) is 0.300. The Balaban J connectivity index is 2.17. The van der Waals surface area contributed by atoms with E-state index in [-0.39, 0.29) is 6.54 Å². The van der Waals surface area contributed by atoms with Gasteiger partial charge in [0.2, 0.25) is 0 Å². The van der Waals surface area contributed by atoms with E-state index in [1.807, 2.05) is 0 Å². The average molecular weight is 213 g/mol. The summed E-state index contributed by atoms with van der Waals surface area (Å²) in [5.74, 6) is -1.38. The van der Waals surface area contributed by atoms with Crippen LogP contribution in [0, 0.1) is 0 Å². The quantitative estimate of drug-likeness (QED) is 0.767. The highest BCUT2D eigenvalue weighted by Gasteiger charge is 2.46. The van der Waals surface area contributed by atoms with Crippen LogP contribution >= 0.6 is 0 Å². The fourth-order valence-corrected chi connectivity index (χ4v) is 1.42. The molecule has 0 saturated carbocycles. The van der Waals surface area contributed by atoms with Crippen molar-refractivity contribution in [3.63, 3.8) is 0 Å². The summed E-state index contributed by atoms with van der Waals surface area (Å²) in [6.45, 7) is 0.0679. The molecule has 1 fully saturated rings. The molecule has 80 valence electrons. The first-order chi connectivity index (χ1) is 7.09.